The number of rotatable bonds is 26. The van der Waals surface area contributed by atoms with Gasteiger partial charge in [0.1, 0.15) is 17.5 Å². The molecule has 0 aliphatic carbocycles. The van der Waals surface area contributed by atoms with Gasteiger partial charge >= 0.3 is 0 Å². The largest absolute Gasteiger partial charge is 0.379 e. The molecular weight excluding hydrogens is 634 g/mol. The molecule has 0 bridgehead atoms. The first kappa shape index (κ1) is 40.0. The Hall–Kier alpha value is -3.82. The van der Waals surface area contributed by atoms with E-state index in [-0.39, 0.29) is 18.8 Å². The lowest BCUT2D eigenvalue weighted by Gasteiger charge is -2.37. The summed E-state index contributed by atoms with van der Waals surface area (Å²) in [5, 5.41) is 9.37. The van der Waals surface area contributed by atoms with Crippen LogP contribution in [0.15, 0.2) is 109 Å². The summed E-state index contributed by atoms with van der Waals surface area (Å²) in [7, 11) is 0. The van der Waals surface area contributed by atoms with Crippen molar-refractivity contribution in [2.24, 2.45) is 0 Å². The zero-order valence-corrected chi connectivity index (χ0v) is 30.7. The van der Waals surface area contributed by atoms with Crippen LogP contribution in [0.25, 0.3) is 0 Å². The topological polar surface area (TPSA) is 51.5 Å². The molecule has 1 unspecified atom stereocenters. The minimum Gasteiger partial charge on any atom is -0.379 e. The van der Waals surface area contributed by atoms with E-state index in [4.69, 9.17) is 14.2 Å². The van der Waals surface area contributed by atoms with Crippen molar-refractivity contribution in [3.63, 3.8) is 0 Å². The summed E-state index contributed by atoms with van der Waals surface area (Å²) in [5.41, 5.74) is 3.00. The molecule has 0 saturated carbocycles. The lowest BCUT2D eigenvalue weighted by Crippen LogP contribution is -2.37. The molecule has 1 atom stereocenters. The Morgan fingerprint density at radius 3 is 1.55 bits per heavy atom. The first-order valence-electron chi connectivity index (χ1n) is 19.3. The van der Waals surface area contributed by atoms with Crippen molar-refractivity contribution >= 4 is 0 Å². The maximum absolute atomic E-state index is 14.3. The Kier molecular flexibility index (Phi) is 18.5. The second-order valence-electron chi connectivity index (χ2n) is 13.7. The van der Waals surface area contributed by atoms with E-state index in [1.54, 1.807) is 6.07 Å². The Morgan fingerprint density at radius 2 is 1.08 bits per heavy atom. The van der Waals surface area contributed by atoms with Crippen LogP contribution in [-0.4, -0.2) is 25.9 Å². The molecule has 0 fully saturated rings. The van der Waals surface area contributed by atoms with Crippen molar-refractivity contribution in [1.29, 1.82) is 5.26 Å². The third-order valence-electron chi connectivity index (χ3n) is 9.55. The van der Waals surface area contributed by atoms with Gasteiger partial charge in [0.05, 0.1) is 31.5 Å². The summed E-state index contributed by atoms with van der Waals surface area (Å²) in [4.78, 5) is 0. The van der Waals surface area contributed by atoms with E-state index >= 15 is 0 Å². The first-order valence-corrected chi connectivity index (χ1v) is 19.3. The van der Waals surface area contributed by atoms with E-state index in [2.05, 4.69) is 43.3 Å². The Labute approximate surface area is 307 Å². The summed E-state index contributed by atoms with van der Waals surface area (Å²) in [6, 6.07) is 37.1. The third kappa shape index (κ3) is 13.7. The number of nitrogens with zero attached hydrogens (tertiary/aromatic N) is 1. The molecule has 0 N–H and O–H groups in total. The minimum atomic E-state index is -0.896. The summed E-state index contributed by atoms with van der Waals surface area (Å²) < 4.78 is 33.9. The number of halogens is 1. The highest BCUT2D eigenvalue weighted by atomic mass is 19.1. The standard InChI is InChI=1S/C46H58FNO3/c1-2-3-4-5-6-7-8-9-10-11-12-13-14-24-31-49-37-45(50-36-40-32-39(35-48)33-44(47)34-40)38-51-46(41-25-18-15-19-26-41,42-27-20-16-21-28-42)43-29-22-17-23-30-43/h15-23,25-30,32-34,45H,2-14,24,31,36-38H2,1H3. The zero-order valence-electron chi connectivity index (χ0n) is 30.7. The van der Waals surface area contributed by atoms with Crippen LogP contribution in [0.1, 0.15) is 125 Å². The van der Waals surface area contributed by atoms with Crippen LogP contribution in [0.2, 0.25) is 0 Å². The Morgan fingerprint density at radius 1 is 0.608 bits per heavy atom. The fourth-order valence-electron chi connectivity index (χ4n) is 6.76. The fourth-order valence-corrected chi connectivity index (χ4v) is 6.76. The first-order chi connectivity index (χ1) is 25.2. The van der Waals surface area contributed by atoms with Crippen LogP contribution in [0.4, 0.5) is 4.39 Å². The molecule has 0 radical (unpaired) electrons. The lowest BCUT2D eigenvalue weighted by atomic mass is 9.80. The van der Waals surface area contributed by atoms with Gasteiger partial charge in [0.2, 0.25) is 0 Å². The molecule has 0 amide bonds. The SMILES string of the molecule is CCCCCCCCCCCCCCCCOCC(COC(c1ccccc1)(c1ccccc1)c1ccccc1)OCc1cc(F)cc(C#N)c1. The molecule has 5 heteroatoms. The number of ether oxygens (including phenoxy) is 3. The molecule has 0 aliphatic rings. The van der Waals surface area contributed by atoms with Crippen molar-refractivity contribution in [2.75, 3.05) is 19.8 Å². The number of benzene rings is 4. The smallest absolute Gasteiger partial charge is 0.143 e. The normalized spacial score (nSPS) is 12.1. The van der Waals surface area contributed by atoms with Crippen LogP contribution in [-0.2, 0) is 26.4 Å². The van der Waals surface area contributed by atoms with Crippen LogP contribution in [0.5, 0.6) is 0 Å². The molecule has 4 aromatic carbocycles. The molecule has 4 rings (SSSR count). The summed E-state index contributed by atoms with van der Waals surface area (Å²) >= 11 is 0. The van der Waals surface area contributed by atoms with Gasteiger partial charge in [0.15, 0.2) is 0 Å². The molecule has 0 aliphatic heterocycles. The average Bonchev–Trinajstić information content (AvgIpc) is 3.17. The lowest BCUT2D eigenvalue weighted by molar-refractivity contribution is -0.0968. The minimum absolute atomic E-state index is 0.137. The molecule has 0 spiro atoms. The molecule has 51 heavy (non-hydrogen) atoms. The predicted molar refractivity (Wildman–Crippen MR) is 206 cm³/mol. The van der Waals surface area contributed by atoms with Gasteiger partial charge in [-0.2, -0.15) is 5.26 Å². The summed E-state index contributed by atoms with van der Waals surface area (Å²) in [5.74, 6) is -0.453. The molecule has 0 heterocycles. The van der Waals surface area contributed by atoms with Crippen molar-refractivity contribution in [2.45, 2.75) is 115 Å². The van der Waals surface area contributed by atoms with Gasteiger partial charge in [0.25, 0.3) is 0 Å². The highest BCUT2D eigenvalue weighted by Crippen LogP contribution is 2.40. The highest BCUT2D eigenvalue weighted by molar-refractivity contribution is 5.47. The number of nitriles is 1. The predicted octanol–water partition coefficient (Wildman–Crippen LogP) is 12.1. The maximum Gasteiger partial charge on any atom is 0.143 e. The van der Waals surface area contributed by atoms with Gasteiger partial charge in [-0.1, -0.05) is 181 Å². The van der Waals surface area contributed by atoms with E-state index in [1.165, 1.54) is 89.2 Å². The number of hydrogen-bond donors (Lipinski definition) is 0. The Balaban J connectivity index is 1.34. The molecule has 4 nitrogen and oxygen atoms in total. The van der Waals surface area contributed by atoms with E-state index in [1.807, 2.05) is 60.7 Å². The monoisotopic (exact) mass is 691 g/mol. The van der Waals surface area contributed by atoms with E-state index in [0.29, 0.717) is 18.8 Å². The second kappa shape index (κ2) is 23.6. The summed E-state index contributed by atoms with van der Waals surface area (Å²) in [6.07, 6.45) is 18.0. The van der Waals surface area contributed by atoms with E-state index in [0.717, 1.165) is 29.5 Å². The van der Waals surface area contributed by atoms with Crippen molar-refractivity contribution in [3.8, 4) is 6.07 Å². The van der Waals surface area contributed by atoms with Gasteiger partial charge in [-0.05, 0) is 46.9 Å². The molecule has 4 aromatic rings. The number of hydrogen-bond acceptors (Lipinski definition) is 4. The van der Waals surface area contributed by atoms with Gasteiger partial charge in [-0.3, -0.25) is 0 Å². The van der Waals surface area contributed by atoms with Crippen molar-refractivity contribution < 1.29 is 18.6 Å². The molecule has 0 saturated heterocycles. The van der Waals surface area contributed by atoms with E-state index in [9.17, 15) is 9.65 Å². The Bertz CT molecular complexity index is 1430. The molecule has 0 aromatic heterocycles. The van der Waals surface area contributed by atoms with Crippen LogP contribution < -0.4 is 0 Å². The van der Waals surface area contributed by atoms with E-state index < -0.39 is 17.5 Å². The third-order valence-corrected chi connectivity index (χ3v) is 9.55. The fraction of sp³-hybridized carbons (Fsp3) is 0.457. The number of unbranched alkanes of at least 4 members (excludes halogenated alkanes) is 13. The van der Waals surface area contributed by atoms with Crippen LogP contribution in [0, 0.1) is 17.1 Å². The highest BCUT2D eigenvalue weighted by Gasteiger charge is 2.38. The zero-order chi connectivity index (χ0) is 35.8. The van der Waals surface area contributed by atoms with Gasteiger partial charge in [-0.15, -0.1) is 0 Å². The van der Waals surface area contributed by atoms with Gasteiger partial charge in [-0.25, -0.2) is 4.39 Å². The van der Waals surface area contributed by atoms with Gasteiger partial charge in [0, 0.05) is 6.61 Å². The maximum atomic E-state index is 14.3. The average molecular weight is 692 g/mol. The molecular formula is C46H58FNO3. The second-order valence-corrected chi connectivity index (χ2v) is 13.7. The molecule has 272 valence electrons. The van der Waals surface area contributed by atoms with Crippen molar-refractivity contribution in [1.82, 2.24) is 0 Å². The van der Waals surface area contributed by atoms with Crippen LogP contribution in [0.3, 0.4) is 0 Å². The quantitative estimate of drug-likeness (QED) is 0.0486. The van der Waals surface area contributed by atoms with Crippen molar-refractivity contribution in [3.05, 3.63) is 143 Å². The van der Waals surface area contributed by atoms with Gasteiger partial charge < -0.3 is 14.2 Å². The van der Waals surface area contributed by atoms with Crippen LogP contribution >= 0.6 is 0 Å². The summed E-state index contributed by atoms with van der Waals surface area (Å²) in [6.45, 7) is 3.64.